The van der Waals surface area contributed by atoms with E-state index in [0.29, 0.717) is 28.8 Å². The van der Waals surface area contributed by atoms with Crippen LogP contribution in [0.15, 0.2) is 74.1 Å². The van der Waals surface area contributed by atoms with E-state index in [4.69, 9.17) is 19.9 Å². The zero-order chi connectivity index (χ0) is 22.8. The Morgan fingerprint density at radius 3 is 2.34 bits per heavy atom. The van der Waals surface area contributed by atoms with Gasteiger partial charge in [-0.1, -0.05) is 19.2 Å². The van der Waals surface area contributed by atoms with Crippen LogP contribution >= 0.6 is 0 Å². The van der Waals surface area contributed by atoms with Gasteiger partial charge in [-0.2, -0.15) is 0 Å². The molecule has 0 spiro atoms. The number of fused-ring (bicyclic) bond motifs is 1. The summed E-state index contributed by atoms with van der Waals surface area (Å²) in [6.45, 7) is 7.32. The molecule has 3 aromatic rings. The van der Waals surface area contributed by atoms with Crippen molar-refractivity contribution in [1.29, 1.82) is 0 Å². The lowest BCUT2D eigenvalue weighted by molar-refractivity contribution is 0.0954. The fourth-order valence-corrected chi connectivity index (χ4v) is 3.19. The molecule has 1 aliphatic heterocycles. The van der Waals surface area contributed by atoms with Gasteiger partial charge < -0.3 is 19.9 Å². The van der Waals surface area contributed by atoms with Crippen molar-refractivity contribution in [2.24, 2.45) is 0 Å². The minimum Gasteiger partial charge on any atom is -0.494 e. The minimum absolute atomic E-state index is 0.204. The highest BCUT2D eigenvalue weighted by Crippen LogP contribution is 2.56. The van der Waals surface area contributed by atoms with Crippen LogP contribution in [0.2, 0.25) is 0 Å². The molecule has 1 aliphatic rings. The summed E-state index contributed by atoms with van der Waals surface area (Å²) >= 11 is 0. The van der Waals surface area contributed by atoms with Crippen molar-refractivity contribution < 1.29 is 19.0 Å². The van der Waals surface area contributed by atoms with Crippen LogP contribution in [0.25, 0.3) is 0 Å². The molecule has 9 nitrogen and oxygen atoms in total. The Bertz CT molecular complexity index is 1240. The molecule has 0 bridgehead atoms. The number of pyridine rings is 2. The number of carbonyl (C=O) groups excluding carboxylic acids is 1. The molecule has 3 aromatic heterocycles. The van der Waals surface area contributed by atoms with E-state index in [1.165, 1.54) is 30.0 Å². The van der Waals surface area contributed by atoms with Crippen LogP contribution in [0.3, 0.4) is 0 Å². The van der Waals surface area contributed by atoms with Gasteiger partial charge in [0.1, 0.15) is 28.7 Å². The molecule has 4 rings (SSSR count). The van der Waals surface area contributed by atoms with Crippen molar-refractivity contribution in [3.8, 4) is 17.2 Å². The fraction of sp³-hybridized carbons (Fsp3) is 0.0870. The quantitative estimate of drug-likeness (QED) is 0.254. The van der Waals surface area contributed by atoms with Gasteiger partial charge in [0, 0.05) is 24.5 Å². The van der Waals surface area contributed by atoms with Gasteiger partial charge in [0.2, 0.25) is 0 Å². The Morgan fingerprint density at radius 1 is 1.00 bits per heavy atom. The van der Waals surface area contributed by atoms with Crippen LogP contribution in [0.5, 0.6) is 17.2 Å². The molecule has 0 aliphatic carbocycles. The molecule has 2 N–H and O–H groups in total. The Morgan fingerprint density at radius 2 is 1.72 bits per heavy atom. The number of anilines is 4. The van der Waals surface area contributed by atoms with E-state index in [0.717, 1.165) is 17.1 Å². The molecule has 162 valence electrons. The van der Waals surface area contributed by atoms with E-state index in [9.17, 15) is 4.79 Å². The maximum absolute atomic E-state index is 12.9. The topological polar surface area (TPSA) is 104 Å². The lowest BCUT2D eigenvalue weighted by atomic mass is 10.3. The third-order valence-corrected chi connectivity index (χ3v) is 4.76. The summed E-state index contributed by atoms with van der Waals surface area (Å²) in [4.78, 5) is 23.2. The number of hydrogen-bond acceptors (Lipinski definition) is 8. The molecule has 0 saturated carbocycles. The molecule has 0 saturated heterocycles. The monoisotopic (exact) mass is 431 g/mol. The number of methoxy groups -OCH3 is 2. The van der Waals surface area contributed by atoms with Crippen molar-refractivity contribution in [3.05, 3.63) is 79.8 Å². The van der Waals surface area contributed by atoms with Crippen LogP contribution in [0, 0.1) is 0 Å². The summed E-state index contributed by atoms with van der Waals surface area (Å²) < 4.78 is 17.9. The van der Waals surface area contributed by atoms with E-state index < -0.39 is 0 Å². The predicted molar refractivity (Wildman–Crippen MR) is 121 cm³/mol. The lowest BCUT2D eigenvalue weighted by Gasteiger charge is -2.13. The molecule has 0 radical (unpaired) electrons. The molecule has 0 aromatic carbocycles. The van der Waals surface area contributed by atoms with Gasteiger partial charge in [0.25, 0.3) is 5.91 Å². The number of carbonyl (C=O) groups is 1. The van der Waals surface area contributed by atoms with E-state index in [1.54, 1.807) is 43.9 Å². The zero-order valence-electron chi connectivity index (χ0n) is 17.6. The summed E-state index contributed by atoms with van der Waals surface area (Å²) in [6, 6.07) is 3.17. The largest absolute Gasteiger partial charge is 0.494 e. The molecule has 9 heteroatoms. The van der Waals surface area contributed by atoms with E-state index >= 15 is 0 Å². The average Bonchev–Trinajstić information content (AvgIpc) is 3.29. The molecule has 0 fully saturated rings. The van der Waals surface area contributed by atoms with Crippen LogP contribution in [-0.4, -0.2) is 34.7 Å². The standard InChI is InChI=1S/C23H21N5O4/c1-5-7-14(6-2)32-21-11-25-15(8-20(21)31-4)23(29)27-12-17-18(13-27)28(17)16-10-26-22(24)9-19(16)30-3/h5-13H,1-2H2,3-4H3,(H2,24,26)/b14-7+. The maximum Gasteiger partial charge on any atom is 0.280 e. The number of allylic oxidation sites excluding steroid dienone is 3. The molecule has 32 heavy (non-hydrogen) atoms. The third kappa shape index (κ3) is 3.67. The van der Waals surface area contributed by atoms with Crippen molar-refractivity contribution in [3.63, 3.8) is 0 Å². The van der Waals surface area contributed by atoms with E-state index in [1.807, 2.05) is 4.90 Å². The second-order valence-electron chi connectivity index (χ2n) is 6.69. The predicted octanol–water partition coefficient (Wildman–Crippen LogP) is 3.98. The van der Waals surface area contributed by atoms with Crippen LogP contribution in [0.4, 0.5) is 22.9 Å². The smallest absolute Gasteiger partial charge is 0.280 e. The third-order valence-electron chi connectivity index (χ3n) is 4.76. The second-order valence-corrected chi connectivity index (χ2v) is 6.69. The van der Waals surface area contributed by atoms with Crippen molar-refractivity contribution >= 4 is 28.8 Å². The summed E-state index contributed by atoms with van der Waals surface area (Å²) in [5.41, 5.74) is 8.39. The van der Waals surface area contributed by atoms with E-state index in [-0.39, 0.29) is 11.6 Å². The highest BCUT2D eigenvalue weighted by Gasteiger charge is 2.36. The normalized spacial score (nSPS) is 12.1. The molecular weight excluding hydrogens is 410 g/mol. The summed E-state index contributed by atoms with van der Waals surface area (Å²) in [5, 5.41) is 0. The first-order valence-electron chi connectivity index (χ1n) is 9.54. The van der Waals surface area contributed by atoms with Gasteiger partial charge in [0.15, 0.2) is 11.5 Å². The van der Waals surface area contributed by atoms with Crippen LogP contribution in [-0.2, 0) is 0 Å². The molecule has 4 heterocycles. The Kier molecular flexibility index (Phi) is 5.38. The van der Waals surface area contributed by atoms with Crippen LogP contribution in [0.1, 0.15) is 10.5 Å². The Labute approximate surface area is 184 Å². The van der Waals surface area contributed by atoms with Gasteiger partial charge >= 0.3 is 0 Å². The fourth-order valence-electron chi connectivity index (χ4n) is 3.19. The summed E-state index contributed by atoms with van der Waals surface area (Å²) in [5.74, 6) is 1.84. The molecule has 0 unspecified atom stereocenters. The van der Waals surface area contributed by atoms with Gasteiger partial charge in [-0.05, 0) is 12.2 Å². The number of nitrogens with zero attached hydrogens (tertiary/aromatic N) is 4. The first-order chi connectivity index (χ1) is 15.5. The van der Waals surface area contributed by atoms with Gasteiger partial charge in [-0.15, -0.1) is 0 Å². The number of ether oxygens (including phenoxy) is 3. The highest BCUT2D eigenvalue weighted by atomic mass is 16.5. The SMILES string of the molecule is C=C/C=C(\C=C)Oc1cnc(C(=O)n2cc3c(c2)N3c2cnc(N)cc2OC)cc1OC. The summed E-state index contributed by atoms with van der Waals surface area (Å²) in [7, 11) is 3.05. The molecular formula is C23H21N5O4. The number of rotatable bonds is 8. The van der Waals surface area contributed by atoms with Crippen molar-refractivity contribution in [1.82, 2.24) is 14.5 Å². The van der Waals surface area contributed by atoms with Gasteiger partial charge in [-0.25, -0.2) is 9.97 Å². The second kappa shape index (κ2) is 8.31. The number of nitrogens with two attached hydrogens (primary N) is 1. The highest BCUT2D eigenvalue weighted by molar-refractivity contribution is 6.05. The maximum atomic E-state index is 12.9. The number of nitrogen functional groups attached to an aromatic ring is 1. The van der Waals surface area contributed by atoms with Crippen molar-refractivity contribution in [2.75, 3.05) is 24.9 Å². The summed E-state index contributed by atoms with van der Waals surface area (Å²) in [6.07, 6.45) is 11.3. The number of hydrogen-bond donors (Lipinski definition) is 1. The van der Waals surface area contributed by atoms with Gasteiger partial charge in [-0.3, -0.25) is 14.3 Å². The minimum atomic E-state index is -0.310. The van der Waals surface area contributed by atoms with Gasteiger partial charge in [0.05, 0.1) is 38.0 Å². The number of aromatic nitrogens is 3. The lowest BCUT2D eigenvalue weighted by Crippen LogP contribution is -2.13. The van der Waals surface area contributed by atoms with Crippen LogP contribution < -0.4 is 24.8 Å². The average molecular weight is 431 g/mol. The van der Waals surface area contributed by atoms with E-state index in [2.05, 4.69) is 23.1 Å². The van der Waals surface area contributed by atoms with Crippen molar-refractivity contribution in [2.45, 2.75) is 0 Å². The molecule has 0 amide bonds. The zero-order valence-corrected chi connectivity index (χ0v) is 17.6. The first-order valence-corrected chi connectivity index (χ1v) is 9.54. The first kappa shape index (κ1) is 20.7. The molecule has 0 atom stereocenters. The Hall–Kier alpha value is -4.53. The Balaban J connectivity index is 1.55.